The first-order valence-electron chi connectivity index (χ1n) is 8.67. The highest BCUT2D eigenvalue weighted by molar-refractivity contribution is 6.33. The van der Waals surface area contributed by atoms with Crippen LogP contribution in [-0.4, -0.2) is 42.4 Å². The molecular weight excluding hydrogens is 387 g/mol. The largest absolute Gasteiger partial charge is 0.452 e. The second-order valence-corrected chi connectivity index (χ2v) is 6.18. The van der Waals surface area contributed by atoms with Crippen LogP contribution in [0.3, 0.4) is 0 Å². The highest BCUT2D eigenvalue weighted by Gasteiger charge is 2.18. The highest BCUT2D eigenvalue weighted by atomic mass is 35.5. The van der Waals surface area contributed by atoms with Gasteiger partial charge < -0.3 is 15.0 Å². The minimum Gasteiger partial charge on any atom is -0.452 e. The number of nitrogens with zero attached hydrogens (tertiary/aromatic N) is 1. The lowest BCUT2D eigenvalue weighted by Gasteiger charge is -2.18. The van der Waals surface area contributed by atoms with E-state index in [-0.39, 0.29) is 10.9 Å². The Kier molecular flexibility index (Phi) is 7.52. The average molecular weight is 407 g/mol. The minimum atomic E-state index is -1.03. The number of nitrogens with one attached hydrogen (secondary N) is 1. The van der Waals surface area contributed by atoms with E-state index < -0.39 is 29.9 Å². The monoisotopic (exact) mass is 406 g/mol. The van der Waals surface area contributed by atoms with E-state index in [9.17, 15) is 18.8 Å². The number of carbonyl (C=O) groups is 3. The summed E-state index contributed by atoms with van der Waals surface area (Å²) in [4.78, 5) is 37.8. The van der Waals surface area contributed by atoms with E-state index in [0.29, 0.717) is 24.3 Å². The highest BCUT2D eigenvalue weighted by Crippen LogP contribution is 2.20. The van der Waals surface area contributed by atoms with Crippen LogP contribution in [-0.2, 0) is 9.53 Å². The Morgan fingerprint density at radius 2 is 1.71 bits per heavy atom. The van der Waals surface area contributed by atoms with Crippen molar-refractivity contribution in [3.05, 3.63) is 64.4 Å². The number of halogens is 2. The first kappa shape index (κ1) is 21.4. The molecule has 2 aromatic carbocycles. The van der Waals surface area contributed by atoms with Crippen molar-refractivity contribution in [2.45, 2.75) is 13.8 Å². The molecule has 0 saturated heterocycles. The third-order valence-corrected chi connectivity index (χ3v) is 4.28. The van der Waals surface area contributed by atoms with Crippen molar-refractivity contribution in [1.29, 1.82) is 0 Å². The lowest BCUT2D eigenvalue weighted by atomic mass is 10.2. The Bertz CT molecular complexity index is 847. The van der Waals surface area contributed by atoms with Gasteiger partial charge in [0.25, 0.3) is 11.8 Å². The summed E-state index contributed by atoms with van der Waals surface area (Å²) in [7, 11) is 0. The van der Waals surface area contributed by atoms with Crippen molar-refractivity contribution in [3.63, 3.8) is 0 Å². The maximum absolute atomic E-state index is 13.7. The fraction of sp³-hybridized carbons (Fsp3) is 0.250. The number of benzene rings is 2. The predicted octanol–water partition coefficient (Wildman–Crippen LogP) is 3.76. The van der Waals surface area contributed by atoms with E-state index in [0.717, 1.165) is 6.07 Å². The lowest BCUT2D eigenvalue weighted by Crippen LogP contribution is -2.30. The molecule has 0 aromatic heterocycles. The van der Waals surface area contributed by atoms with Crippen molar-refractivity contribution in [1.82, 2.24) is 4.90 Å². The van der Waals surface area contributed by atoms with Gasteiger partial charge in [-0.05, 0) is 50.2 Å². The molecule has 0 aliphatic rings. The number of esters is 1. The van der Waals surface area contributed by atoms with Crippen molar-refractivity contribution in [2.75, 3.05) is 25.0 Å². The Morgan fingerprint density at radius 3 is 2.29 bits per heavy atom. The summed E-state index contributed by atoms with van der Waals surface area (Å²) in [5.74, 6) is -2.56. The van der Waals surface area contributed by atoms with Crippen molar-refractivity contribution in [3.8, 4) is 0 Å². The van der Waals surface area contributed by atoms with Crippen LogP contribution in [0.2, 0.25) is 5.02 Å². The van der Waals surface area contributed by atoms with Gasteiger partial charge in [-0.25, -0.2) is 9.18 Å². The van der Waals surface area contributed by atoms with Gasteiger partial charge in [0.2, 0.25) is 0 Å². The number of hydrogen-bond donors (Lipinski definition) is 1. The fourth-order valence-corrected chi connectivity index (χ4v) is 2.72. The zero-order valence-corrected chi connectivity index (χ0v) is 16.3. The van der Waals surface area contributed by atoms with Crippen LogP contribution in [0.25, 0.3) is 0 Å². The van der Waals surface area contributed by atoms with Crippen molar-refractivity contribution in [2.24, 2.45) is 0 Å². The van der Waals surface area contributed by atoms with E-state index in [1.807, 2.05) is 13.8 Å². The first-order chi connectivity index (χ1) is 13.4. The van der Waals surface area contributed by atoms with Gasteiger partial charge in [0.15, 0.2) is 6.61 Å². The summed E-state index contributed by atoms with van der Waals surface area (Å²) in [6.07, 6.45) is 0. The molecule has 0 radical (unpaired) electrons. The van der Waals surface area contributed by atoms with Gasteiger partial charge in [-0.3, -0.25) is 9.59 Å². The number of carbonyl (C=O) groups excluding carboxylic acids is 3. The molecule has 28 heavy (non-hydrogen) atoms. The fourth-order valence-electron chi connectivity index (χ4n) is 2.48. The first-order valence-corrected chi connectivity index (χ1v) is 9.05. The van der Waals surface area contributed by atoms with E-state index in [1.54, 1.807) is 29.2 Å². The molecule has 0 heterocycles. The summed E-state index contributed by atoms with van der Waals surface area (Å²) in [5, 5.41) is 2.44. The predicted molar refractivity (Wildman–Crippen MR) is 104 cm³/mol. The standard InChI is InChI=1S/C20H20ClFN2O4/c1-3-24(4-2)19(26)13-8-10-14(11-9-13)23-17(25)12-28-20(27)18-15(21)6-5-7-16(18)22/h5-11H,3-4,12H2,1-2H3,(H,23,25). The van der Waals surface area contributed by atoms with Crippen LogP contribution in [0.4, 0.5) is 10.1 Å². The second-order valence-electron chi connectivity index (χ2n) is 5.78. The molecular formula is C20H20ClFN2O4. The molecule has 0 unspecified atom stereocenters. The van der Waals surface area contributed by atoms with Gasteiger partial charge >= 0.3 is 5.97 Å². The van der Waals surface area contributed by atoms with E-state index >= 15 is 0 Å². The molecule has 2 aromatic rings. The molecule has 0 aliphatic carbocycles. The topological polar surface area (TPSA) is 75.7 Å². The number of anilines is 1. The molecule has 2 rings (SSSR count). The van der Waals surface area contributed by atoms with Crippen LogP contribution in [0.15, 0.2) is 42.5 Å². The zero-order chi connectivity index (χ0) is 20.7. The molecule has 2 amide bonds. The van der Waals surface area contributed by atoms with Gasteiger partial charge in [-0.1, -0.05) is 17.7 Å². The Hall–Kier alpha value is -2.93. The van der Waals surface area contributed by atoms with E-state index in [1.165, 1.54) is 12.1 Å². The quantitative estimate of drug-likeness (QED) is 0.710. The molecule has 1 N–H and O–H groups in total. The second kappa shape index (κ2) is 9.85. The van der Waals surface area contributed by atoms with Crippen molar-refractivity contribution < 1.29 is 23.5 Å². The lowest BCUT2D eigenvalue weighted by molar-refractivity contribution is -0.119. The number of amides is 2. The van der Waals surface area contributed by atoms with Gasteiger partial charge in [0.05, 0.1) is 5.02 Å². The van der Waals surface area contributed by atoms with E-state index in [2.05, 4.69) is 5.32 Å². The van der Waals surface area contributed by atoms with Gasteiger partial charge in [-0.15, -0.1) is 0 Å². The maximum atomic E-state index is 13.7. The van der Waals surface area contributed by atoms with Crippen LogP contribution in [0.5, 0.6) is 0 Å². The zero-order valence-electron chi connectivity index (χ0n) is 15.5. The molecule has 0 saturated carbocycles. The molecule has 6 nitrogen and oxygen atoms in total. The normalized spacial score (nSPS) is 10.3. The number of ether oxygens (including phenoxy) is 1. The SMILES string of the molecule is CCN(CC)C(=O)c1ccc(NC(=O)COC(=O)c2c(F)cccc2Cl)cc1. The summed E-state index contributed by atoms with van der Waals surface area (Å²) >= 11 is 5.78. The average Bonchev–Trinajstić information content (AvgIpc) is 2.67. The van der Waals surface area contributed by atoms with Crippen molar-refractivity contribution >= 4 is 35.1 Å². The smallest absolute Gasteiger partial charge is 0.343 e. The van der Waals surface area contributed by atoms with Gasteiger partial charge in [-0.2, -0.15) is 0 Å². The Labute approximate surface area is 167 Å². The summed E-state index contributed by atoms with van der Waals surface area (Å²) in [6.45, 7) is 4.39. The molecule has 8 heteroatoms. The Morgan fingerprint density at radius 1 is 1.07 bits per heavy atom. The number of rotatable bonds is 7. The Balaban J connectivity index is 1.93. The molecule has 0 bridgehead atoms. The van der Waals surface area contributed by atoms with Gasteiger partial charge in [0.1, 0.15) is 11.4 Å². The summed E-state index contributed by atoms with van der Waals surface area (Å²) in [6, 6.07) is 10.1. The van der Waals surface area contributed by atoms with E-state index in [4.69, 9.17) is 16.3 Å². The van der Waals surface area contributed by atoms with Crippen LogP contribution in [0.1, 0.15) is 34.6 Å². The molecule has 0 atom stereocenters. The van der Waals surface area contributed by atoms with Crippen LogP contribution < -0.4 is 5.32 Å². The molecule has 0 spiro atoms. The minimum absolute atomic E-state index is 0.0983. The van der Waals surface area contributed by atoms with Crippen LogP contribution in [0, 0.1) is 5.82 Å². The third kappa shape index (κ3) is 5.29. The molecule has 0 fully saturated rings. The summed E-state index contributed by atoms with van der Waals surface area (Å²) < 4.78 is 18.5. The number of hydrogen-bond acceptors (Lipinski definition) is 4. The maximum Gasteiger partial charge on any atom is 0.343 e. The third-order valence-electron chi connectivity index (χ3n) is 3.97. The van der Waals surface area contributed by atoms with Crippen LogP contribution >= 0.6 is 11.6 Å². The van der Waals surface area contributed by atoms with Gasteiger partial charge in [0, 0.05) is 24.3 Å². The summed E-state index contributed by atoms with van der Waals surface area (Å²) in [5.41, 5.74) is 0.514. The molecule has 0 aliphatic heterocycles. The molecule has 148 valence electrons.